The van der Waals surface area contributed by atoms with E-state index in [2.05, 4.69) is 29.4 Å². The number of aromatic nitrogens is 2. The molecule has 2 saturated heterocycles. The molecular formula is C25H33N5O3S. The van der Waals surface area contributed by atoms with Gasteiger partial charge in [0.15, 0.2) is 0 Å². The SMILES string of the molecule is CCC[C@@H](C)c1nnc(NC(=O)C2CCN(C(=O)[C@@H]3CC(=O)N(c4ccc(C)cc4)C3)CC2)s1. The van der Waals surface area contributed by atoms with Crippen LogP contribution in [0.3, 0.4) is 0 Å². The highest BCUT2D eigenvalue weighted by molar-refractivity contribution is 7.15. The van der Waals surface area contributed by atoms with E-state index in [1.807, 2.05) is 36.1 Å². The van der Waals surface area contributed by atoms with E-state index in [0.717, 1.165) is 29.1 Å². The number of piperidine rings is 1. The molecule has 1 aromatic carbocycles. The van der Waals surface area contributed by atoms with Gasteiger partial charge in [-0.05, 0) is 38.3 Å². The summed E-state index contributed by atoms with van der Waals surface area (Å²) in [4.78, 5) is 41.9. The second-order valence-electron chi connectivity index (χ2n) is 9.46. The first-order chi connectivity index (χ1) is 16.4. The number of aryl methyl sites for hydroxylation is 1. The van der Waals surface area contributed by atoms with Crippen LogP contribution in [0.25, 0.3) is 0 Å². The number of amides is 3. The third kappa shape index (κ3) is 5.46. The molecule has 0 radical (unpaired) electrons. The van der Waals surface area contributed by atoms with Crippen molar-refractivity contribution < 1.29 is 14.4 Å². The summed E-state index contributed by atoms with van der Waals surface area (Å²) in [6.07, 6.45) is 3.59. The molecule has 2 aliphatic heterocycles. The van der Waals surface area contributed by atoms with Gasteiger partial charge in [-0.3, -0.25) is 14.4 Å². The van der Waals surface area contributed by atoms with Gasteiger partial charge in [0, 0.05) is 43.6 Å². The maximum atomic E-state index is 13.1. The number of hydrogen-bond acceptors (Lipinski definition) is 6. The van der Waals surface area contributed by atoms with Crippen molar-refractivity contribution in [3.8, 4) is 0 Å². The molecule has 4 rings (SSSR count). The van der Waals surface area contributed by atoms with E-state index in [-0.39, 0.29) is 36.0 Å². The fourth-order valence-electron chi connectivity index (χ4n) is 4.72. The molecule has 0 spiro atoms. The van der Waals surface area contributed by atoms with Crippen molar-refractivity contribution >= 4 is 39.9 Å². The van der Waals surface area contributed by atoms with Gasteiger partial charge in [-0.25, -0.2) is 0 Å². The summed E-state index contributed by atoms with van der Waals surface area (Å²) < 4.78 is 0. The Labute approximate surface area is 204 Å². The Bertz CT molecular complexity index is 1030. The minimum atomic E-state index is -0.330. The molecule has 2 aromatic rings. The van der Waals surface area contributed by atoms with Crippen LogP contribution in [0.2, 0.25) is 0 Å². The van der Waals surface area contributed by atoms with Crippen LogP contribution >= 0.6 is 11.3 Å². The largest absolute Gasteiger partial charge is 0.342 e. The van der Waals surface area contributed by atoms with Gasteiger partial charge in [0.05, 0.1) is 5.92 Å². The topological polar surface area (TPSA) is 95.5 Å². The zero-order valence-electron chi connectivity index (χ0n) is 20.1. The molecule has 2 aliphatic rings. The Morgan fingerprint density at radius 1 is 1.15 bits per heavy atom. The number of carbonyl (C=O) groups is 3. The maximum Gasteiger partial charge on any atom is 0.229 e. The number of nitrogens with zero attached hydrogens (tertiary/aromatic N) is 4. The van der Waals surface area contributed by atoms with E-state index < -0.39 is 0 Å². The maximum absolute atomic E-state index is 13.1. The number of benzene rings is 1. The smallest absolute Gasteiger partial charge is 0.229 e. The lowest BCUT2D eigenvalue weighted by Crippen LogP contribution is -2.44. The standard InChI is InChI=1S/C25H33N5O3S/c1-4-5-17(3)23-27-28-25(34-23)26-22(32)18-10-12-29(13-11-18)24(33)19-14-21(31)30(15-19)20-8-6-16(2)7-9-20/h6-9,17-19H,4-5,10-15H2,1-3H3,(H,26,28,32)/t17-,19-/m1/s1. The van der Waals surface area contributed by atoms with E-state index in [0.29, 0.717) is 43.5 Å². The first-order valence-corrected chi connectivity index (χ1v) is 13.0. The predicted octanol–water partition coefficient (Wildman–Crippen LogP) is 3.98. The molecule has 8 nitrogen and oxygen atoms in total. The Hall–Kier alpha value is -2.81. The number of likely N-dealkylation sites (tertiary alicyclic amines) is 1. The van der Waals surface area contributed by atoms with E-state index in [4.69, 9.17) is 0 Å². The van der Waals surface area contributed by atoms with E-state index in [1.165, 1.54) is 11.3 Å². The van der Waals surface area contributed by atoms with Crippen molar-refractivity contribution in [3.63, 3.8) is 0 Å². The average molecular weight is 484 g/mol. The van der Waals surface area contributed by atoms with Crippen LogP contribution in [0.5, 0.6) is 0 Å². The second kappa shape index (κ2) is 10.6. The molecule has 3 heterocycles. The Kier molecular flexibility index (Phi) is 7.60. The normalized spacial score (nSPS) is 20.0. The highest BCUT2D eigenvalue weighted by Gasteiger charge is 2.38. The second-order valence-corrected chi connectivity index (χ2v) is 10.5. The summed E-state index contributed by atoms with van der Waals surface area (Å²) in [6.45, 7) is 7.74. The summed E-state index contributed by atoms with van der Waals surface area (Å²) in [5.41, 5.74) is 1.97. The predicted molar refractivity (Wildman–Crippen MR) is 133 cm³/mol. The highest BCUT2D eigenvalue weighted by Crippen LogP contribution is 2.30. The lowest BCUT2D eigenvalue weighted by atomic mass is 9.94. The summed E-state index contributed by atoms with van der Waals surface area (Å²) in [7, 11) is 0. The van der Waals surface area contributed by atoms with Gasteiger partial charge < -0.3 is 15.1 Å². The third-order valence-electron chi connectivity index (χ3n) is 6.81. The van der Waals surface area contributed by atoms with Crippen molar-refractivity contribution in [2.75, 3.05) is 29.9 Å². The third-order valence-corrected chi connectivity index (χ3v) is 7.88. The summed E-state index contributed by atoms with van der Waals surface area (Å²) >= 11 is 1.44. The minimum absolute atomic E-state index is 0.0128. The van der Waals surface area contributed by atoms with Crippen LogP contribution in [-0.2, 0) is 14.4 Å². The molecule has 0 saturated carbocycles. The molecule has 1 aromatic heterocycles. The Morgan fingerprint density at radius 2 is 1.85 bits per heavy atom. The zero-order chi connectivity index (χ0) is 24.2. The van der Waals surface area contributed by atoms with E-state index in [1.54, 1.807) is 4.90 Å². The van der Waals surface area contributed by atoms with Crippen molar-refractivity contribution in [3.05, 3.63) is 34.8 Å². The monoisotopic (exact) mass is 483 g/mol. The van der Waals surface area contributed by atoms with Gasteiger partial charge in [-0.15, -0.1) is 10.2 Å². The number of hydrogen-bond donors (Lipinski definition) is 1. The molecule has 0 unspecified atom stereocenters. The van der Waals surface area contributed by atoms with Crippen LogP contribution in [0.1, 0.15) is 62.4 Å². The number of rotatable bonds is 7. The Balaban J connectivity index is 1.27. The average Bonchev–Trinajstić information content (AvgIpc) is 3.46. The quantitative estimate of drug-likeness (QED) is 0.643. The summed E-state index contributed by atoms with van der Waals surface area (Å²) in [6, 6.07) is 7.80. The molecule has 0 aliphatic carbocycles. The highest BCUT2D eigenvalue weighted by atomic mass is 32.1. The summed E-state index contributed by atoms with van der Waals surface area (Å²) in [5, 5.41) is 12.8. The lowest BCUT2D eigenvalue weighted by Gasteiger charge is -2.32. The van der Waals surface area contributed by atoms with Crippen molar-refractivity contribution in [1.82, 2.24) is 15.1 Å². The zero-order valence-corrected chi connectivity index (χ0v) is 20.9. The van der Waals surface area contributed by atoms with Crippen molar-refractivity contribution in [2.24, 2.45) is 11.8 Å². The van der Waals surface area contributed by atoms with Gasteiger partial charge in [-0.1, -0.05) is 49.3 Å². The van der Waals surface area contributed by atoms with Crippen molar-refractivity contribution in [1.29, 1.82) is 0 Å². The van der Waals surface area contributed by atoms with Gasteiger partial charge >= 0.3 is 0 Å². The van der Waals surface area contributed by atoms with Crippen LogP contribution in [-0.4, -0.2) is 52.5 Å². The minimum Gasteiger partial charge on any atom is -0.342 e. The number of carbonyl (C=O) groups excluding carboxylic acids is 3. The number of anilines is 2. The summed E-state index contributed by atoms with van der Waals surface area (Å²) in [5.74, 6) is -0.198. The van der Waals surface area contributed by atoms with Gasteiger partial charge in [0.25, 0.3) is 0 Å². The van der Waals surface area contributed by atoms with Crippen LogP contribution < -0.4 is 10.2 Å². The van der Waals surface area contributed by atoms with E-state index >= 15 is 0 Å². The van der Waals surface area contributed by atoms with Crippen LogP contribution in [0, 0.1) is 18.8 Å². The Morgan fingerprint density at radius 3 is 2.53 bits per heavy atom. The fraction of sp³-hybridized carbons (Fsp3) is 0.560. The molecule has 34 heavy (non-hydrogen) atoms. The number of nitrogens with one attached hydrogen (secondary N) is 1. The molecular weight excluding hydrogens is 450 g/mol. The molecule has 2 atom stereocenters. The molecule has 2 fully saturated rings. The molecule has 0 bridgehead atoms. The van der Waals surface area contributed by atoms with Crippen LogP contribution in [0.15, 0.2) is 24.3 Å². The molecule has 182 valence electrons. The van der Waals surface area contributed by atoms with Gasteiger partial charge in [-0.2, -0.15) is 0 Å². The first kappa shape index (κ1) is 24.3. The first-order valence-electron chi connectivity index (χ1n) is 12.2. The molecule has 1 N–H and O–H groups in total. The van der Waals surface area contributed by atoms with Gasteiger partial charge in [0.2, 0.25) is 22.9 Å². The van der Waals surface area contributed by atoms with Crippen LogP contribution in [0.4, 0.5) is 10.8 Å². The lowest BCUT2D eigenvalue weighted by molar-refractivity contribution is -0.138. The van der Waals surface area contributed by atoms with E-state index in [9.17, 15) is 14.4 Å². The molecule has 3 amide bonds. The fourth-order valence-corrected chi connectivity index (χ4v) is 5.55. The molecule has 9 heteroatoms. The van der Waals surface area contributed by atoms with Gasteiger partial charge in [0.1, 0.15) is 5.01 Å². The van der Waals surface area contributed by atoms with Crippen molar-refractivity contribution in [2.45, 2.75) is 58.8 Å².